The molecular weight excluding hydrogens is 344 g/mol. The molecule has 136 valence electrons. The quantitative estimate of drug-likeness (QED) is 0.540. The van der Waals surface area contributed by atoms with E-state index in [-0.39, 0.29) is 23.1 Å². The second kappa shape index (κ2) is 10.5. The molecule has 0 spiro atoms. The maximum absolute atomic E-state index is 12.1. The van der Waals surface area contributed by atoms with Gasteiger partial charge in [-0.1, -0.05) is 19.1 Å². The van der Waals surface area contributed by atoms with Crippen LogP contribution in [0.25, 0.3) is 0 Å². The van der Waals surface area contributed by atoms with Gasteiger partial charge in [-0.25, -0.2) is 9.59 Å². The Kier molecular flexibility index (Phi) is 8.69. The fourth-order valence-corrected chi connectivity index (χ4v) is 2.51. The predicted octanol–water partition coefficient (Wildman–Crippen LogP) is 2.15. The maximum atomic E-state index is 12.1. The molecule has 25 heavy (non-hydrogen) atoms. The maximum Gasteiger partial charge on any atom is 0.339 e. The van der Waals surface area contributed by atoms with Gasteiger partial charge < -0.3 is 10.1 Å². The van der Waals surface area contributed by atoms with Crippen molar-refractivity contribution in [2.75, 3.05) is 12.4 Å². The van der Waals surface area contributed by atoms with Crippen molar-refractivity contribution in [2.45, 2.75) is 38.1 Å². The number of esters is 1. The monoisotopic (exact) mass is 366 g/mol. The molecule has 8 heteroatoms. The first kappa shape index (κ1) is 20.7. The lowest BCUT2D eigenvalue weighted by atomic mass is 10.2. The fourth-order valence-electron chi connectivity index (χ4n) is 1.67. The first-order valence-corrected chi connectivity index (χ1v) is 8.80. The summed E-state index contributed by atoms with van der Waals surface area (Å²) < 4.78 is 4.94. The molecule has 0 radical (unpaired) electrons. The Morgan fingerprint density at radius 3 is 2.52 bits per heavy atom. The molecule has 0 unspecified atom stereocenters. The normalized spacial score (nSPS) is 11.3. The summed E-state index contributed by atoms with van der Waals surface area (Å²) in [6.45, 7) is 4.59. The van der Waals surface area contributed by atoms with Crippen LogP contribution in [-0.2, 0) is 14.3 Å². The van der Waals surface area contributed by atoms with Crippen molar-refractivity contribution in [3.05, 3.63) is 29.8 Å². The number of ketones is 1. The number of urea groups is 1. The minimum atomic E-state index is -0.719. The minimum Gasteiger partial charge on any atom is -0.452 e. The lowest BCUT2D eigenvalue weighted by Gasteiger charge is -2.12. The fraction of sp³-hybridized carbons (Fsp3) is 0.412. The summed E-state index contributed by atoms with van der Waals surface area (Å²) in [5, 5.41) is 4.66. The van der Waals surface area contributed by atoms with Gasteiger partial charge in [0.2, 0.25) is 0 Å². The molecule has 0 aliphatic heterocycles. The van der Waals surface area contributed by atoms with Crippen LogP contribution in [0.15, 0.2) is 29.2 Å². The Bertz CT molecular complexity index is 648. The van der Waals surface area contributed by atoms with Crippen LogP contribution in [0, 0.1) is 0 Å². The number of ether oxygens (including phenoxy) is 1. The Balaban J connectivity index is 2.55. The molecule has 1 rings (SSSR count). The van der Waals surface area contributed by atoms with Gasteiger partial charge in [0, 0.05) is 10.9 Å². The number of benzene rings is 1. The first-order valence-electron chi connectivity index (χ1n) is 7.82. The summed E-state index contributed by atoms with van der Waals surface area (Å²) in [7, 11) is 0. The number of hydrogen-bond acceptors (Lipinski definition) is 6. The van der Waals surface area contributed by atoms with Gasteiger partial charge in [0.15, 0.2) is 6.61 Å². The molecule has 7 nitrogen and oxygen atoms in total. The van der Waals surface area contributed by atoms with E-state index >= 15 is 0 Å². The van der Waals surface area contributed by atoms with E-state index in [1.165, 1.54) is 18.7 Å². The van der Waals surface area contributed by atoms with E-state index in [2.05, 4.69) is 10.6 Å². The van der Waals surface area contributed by atoms with Gasteiger partial charge in [-0.05, 0) is 32.4 Å². The highest BCUT2D eigenvalue weighted by atomic mass is 32.2. The van der Waals surface area contributed by atoms with Crippen LogP contribution in [0.1, 0.15) is 37.6 Å². The summed E-state index contributed by atoms with van der Waals surface area (Å²) >= 11 is 1.22. The van der Waals surface area contributed by atoms with Crippen LogP contribution < -0.4 is 10.6 Å². The Hall–Kier alpha value is -2.35. The summed E-state index contributed by atoms with van der Waals surface area (Å²) in [4.78, 5) is 47.0. The molecule has 0 bridgehead atoms. The topological polar surface area (TPSA) is 102 Å². The van der Waals surface area contributed by atoms with Crippen molar-refractivity contribution in [3.63, 3.8) is 0 Å². The zero-order valence-corrected chi connectivity index (χ0v) is 15.3. The van der Waals surface area contributed by atoms with Gasteiger partial charge in [0.1, 0.15) is 5.78 Å². The molecule has 3 amide bonds. The summed E-state index contributed by atoms with van der Waals surface area (Å²) in [6, 6.07) is 5.95. The smallest absolute Gasteiger partial charge is 0.339 e. The van der Waals surface area contributed by atoms with Gasteiger partial charge in [-0.3, -0.25) is 14.9 Å². The molecule has 0 saturated carbocycles. The third-order valence-corrected chi connectivity index (χ3v) is 4.33. The second-order valence-corrected chi connectivity index (χ2v) is 6.41. The first-order chi connectivity index (χ1) is 11.8. The molecule has 0 aliphatic rings. The van der Waals surface area contributed by atoms with Crippen molar-refractivity contribution in [3.8, 4) is 0 Å². The van der Waals surface area contributed by atoms with Gasteiger partial charge in [0.25, 0.3) is 5.91 Å². The molecule has 1 atom stereocenters. The number of thioether (sulfide) groups is 1. The van der Waals surface area contributed by atoms with E-state index in [1.807, 2.05) is 6.92 Å². The Morgan fingerprint density at radius 1 is 1.20 bits per heavy atom. The SMILES string of the molecule is CC[C@H](C)NC(=O)NC(=O)COC(=O)c1ccccc1SCC(C)=O. The van der Waals surface area contributed by atoms with E-state index in [4.69, 9.17) is 4.74 Å². The molecule has 1 aromatic rings. The number of Topliss-reactive ketones (excluding diaryl/α,β-unsaturated/α-hetero) is 1. The number of imide groups is 1. The second-order valence-electron chi connectivity index (χ2n) is 5.39. The van der Waals surface area contributed by atoms with Crippen molar-refractivity contribution < 1.29 is 23.9 Å². The Morgan fingerprint density at radius 2 is 1.88 bits per heavy atom. The molecule has 0 heterocycles. The highest BCUT2D eigenvalue weighted by molar-refractivity contribution is 8.00. The standard InChI is InChI=1S/C17H22N2O5S/c1-4-11(2)18-17(23)19-15(21)9-24-16(22)13-7-5-6-8-14(13)25-10-12(3)20/h5-8,11H,4,9-10H2,1-3H3,(H2,18,19,21,23)/t11-/m0/s1. The van der Waals surface area contributed by atoms with E-state index in [0.29, 0.717) is 4.90 Å². The van der Waals surface area contributed by atoms with Gasteiger partial charge >= 0.3 is 12.0 Å². The average Bonchev–Trinajstić information content (AvgIpc) is 2.57. The minimum absolute atomic E-state index is 0.0140. The van der Waals surface area contributed by atoms with Crippen LogP contribution in [0.5, 0.6) is 0 Å². The number of carbonyl (C=O) groups excluding carboxylic acids is 4. The van der Waals surface area contributed by atoms with Crippen LogP contribution >= 0.6 is 11.8 Å². The third kappa shape index (κ3) is 7.84. The molecule has 0 fully saturated rings. The lowest BCUT2D eigenvalue weighted by molar-refractivity contribution is -0.123. The number of nitrogens with one attached hydrogen (secondary N) is 2. The number of amides is 3. The molecule has 0 aromatic heterocycles. The lowest BCUT2D eigenvalue weighted by Crippen LogP contribution is -2.44. The highest BCUT2D eigenvalue weighted by Crippen LogP contribution is 2.23. The zero-order chi connectivity index (χ0) is 18.8. The summed E-state index contributed by atoms with van der Waals surface area (Å²) in [5.74, 6) is -1.19. The van der Waals surface area contributed by atoms with Crippen molar-refractivity contribution >= 4 is 35.5 Å². The largest absolute Gasteiger partial charge is 0.452 e. The van der Waals surface area contributed by atoms with E-state index in [9.17, 15) is 19.2 Å². The number of rotatable bonds is 8. The predicted molar refractivity (Wildman–Crippen MR) is 94.6 cm³/mol. The van der Waals surface area contributed by atoms with Crippen molar-refractivity contribution in [1.29, 1.82) is 0 Å². The van der Waals surface area contributed by atoms with E-state index < -0.39 is 24.5 Å². The van der Waals surface area contributed by atoms with E-state index in [0.717, 1.165) is 6.42 Å². The molecule has 1 aromatic carbocycles. The number of carbonyl (C=O) groups is 4. The zero-order valence-electron chi connectivity index (χ0n) is 14.5. The van der Waals surface area contributed by atoms with Crippen molar-refractivity contribution in [2.24, 2.45) is 0 Å². The van der Waals surface area contributed by atoms with Crippen LogP contribution in [-0.4, -0.2) is 42.1 Å². The van der Waals surface area contributed by atoms with Crippen molar-refractivity contribution in [1.82, 2.24) is 10.6 Å². The van der Waals surface area contributed by atoms with Crippen LogP contribution in [0.3, 0.4) is 0 Å². The Labute approximate surface area is 150 Å². The van der Waals surface area contributed by atoms with Crippen LogP contribution in [0.2, 0.25) is 0 Å². The molecular formula is C17H22N2O5S. The average molecular weight is 366 g/mol. The van der Waals surface area contributed by atoms with Gasteiger partial charge in [0.05, 0.1) is 11.3 Å². The molecule has 0 aliphatic carbocycles. The highest BCUT2D eigenvalue weighted by Gasteiger charge is 2.16. The number of hydrogen-bond donors (Lipinski definition) is 2. The third-order valence-electron chi connectivity index (χ3n) is 3.12. The summed E-state index contributed by atoms with van der Waals surface area (Å²) in [5.41, 5.74) is 0.269. The van der Waals surface area contributed by atoms with E-state index in [1.54, 1.807) is 31.2 Å². The molecule has 0 saturated heterocycles. The van der Waals surface area contributed by atoms with Gasteiger partial charge in [-0.2, -0.15) is 0 Å². The van der Waals surface area contributed by atoms with Gasteiger partial charge in [-0.15, -0.1) is 11.8 Å². The molecule has 2 N–H and O–H groups in total. The van der Waals surface area contributed by atoms with Crippen LogP contribution in [0.4, 0.5) is 4.79 Å². The summed E-state index contributed by atoms with van der Waals surface area (Å²) in [6.07, 6.45) is 0.727.